The van der Waals surface area contributed by atoms with Crippen molar-refractivity contribution in [2.24, 2.45) is 0 Å². The summed E-state index contributed by atoms with van der Waals surface area (Å²) in [6.45, 7) is 32.5. The van der Waals surface area contributed by atoms with Crippen molar-refractivity contribution in [3.05, 3.63) is 46.8 Å². The Morgan fingerprint density at radius 2 is 0.900 bits per heavy atom. The van der Waals surface area contributed by atoms with Crippen LogP contribution in [0.4, 0.5) is 0 Å². The fraction of sp³-hybridized carbons (Fsp3) is 0.706. The first-order chi connectivity index (χ1) is 18.1. The Morgan fingerprint density at radius 1 is 0.575 bits per heavy atom. The van der Waals surface area contributed by atoms with Gasteiger partial charge in [0.05, 0.1) is 34.0 Å². The van der Waals surface area contributed by atoms with E-state index < -0.39 is 16.6 Å². The molecule has 0 fully saturated rings. The van der Waals surface area contributed by atoms with Gasteiger partial charge < -0.3 is 8.85 Å². The van der Waals surface area contributed by atoms with Gasteiger partial charge in [-0.05, 0) is 113 Å². The second-order valence-corrected chi connectivity index (χ2v) is 26.0. The summed E-state index contributed by atoms with van der Waals surface area (Å²) in [6.07, 6.45) is 4.31. The average molecular weight is 581 g/mol. The van der Waals surface area contributed by atoms with E-state index in [1.165, 1.54) is 22.5 Å². The average Bonchev–Trinajstić information content (AvgIpc) is 3.40. The monoisotopic (exact) mass is 580 g/mol. The molecule has 0 aromatic carbocycles. The highest BCUT2D eigenvalue weighted by Crippen LogP contribution is 2.48. The summed E-state index contributed by atoms with van der Waals surface area (Å²) in [5.74, 6) is 0.575. The van der Waals surface area contributed by atoms with Crippen LogP contribution in [-0.2, 0) is 21.7 Å². The fourth-order valence-electron chi connectivity index (χ4n) is 6.31. The van der Waals surface area contributed by atoms with Crippen molar-refractivity contribution >= 4 is 16.6 Å². The van der Waals surface area contributed by atoms with Crippen molar-refractivity contribution in [3.8, 4) is 11.4 Å². The van der Waals surface area contributed by atoms with Crippen LogP contribution in [-0.4, -0.2) is 37.8 Å². The molecule has 2 aliphatic carbocycles. The van der Waals surface area contributed by atoms with Crippen LogP contribution in [0.3, 0.4) is 0 Å². The topological polar surface area (TPSA) is 44.2 Å². The van der Waals surface area contributed by atoms with Gasteiger partial charge in [0.15, 0.2) is 16.6 Å². The van der Waals surface area contributed by atoms with Gasteiger partial charge in [0.25, 0.3) is 0 Å². The van der Waals surface area contributed by atoms with Gasteiger partial charge in [0, 0.05) is 11.8 Å². The molecule has 0 spiro atoms. The molecule has 0 aliphatic heterocycles. The van der Waals surface area contributed by atoms with Crippen LogP contribution in [0.5, 0.6) is 0 Å². The quantitative estimate of drug-likeness (QED) is 0.306. The summed E-state index contributed by atoms with van der Waals surface area (Å²) < 4.78 is 14.0. The molecule has 2 aromatic heterocycles. The largest absolute Gasteiger partial charge is 0.411 e. The highest BCUT2D eigenvalue weighted by atomic mass is 28.4. The summed E-state index contributed by atoms with van der Waals surface area (Å²) in [6, 6.07) is 8.94. The van der Waals surface area contributed by atoms with E-state index in [0.29, 0.717) is 0 Å². The summed E-state index contributed by atoms with van der Waals surface area (Å²) in [5, 5.41) is 0.349. The molecular weight excluding hydrogens is 525 g/mol. The van der Waals surface area contributed by atoms with E-state index in [-0.39, 0.29) is 33.1 Å². The van der Waals surface area contributed by atoms with E-state index in [0.717, 1.165) is 37.1 Å². The third kappa shape index (κ3) is 5.93. The molecule has 4 rings (SSSR count). The highest BCUT2D eigenvalue weighted by Gasteiger charge is 2.47. The van der Waals surface area contributed by atoms with E-state index in [9.17, 15) is 0 Å². The van der Waals surface area contributed by atoms with E-state index in [2.05, 4.69) is 120 Å². The molecule has 40 heavy (non-hydrogen) atoms. The van der Waals surface area contributed by atoms with Crippen LogP contribution in [0.1, 0.15) is 116 Å². The van der Waals surface area contributed by atoms with E-state index in [1.807, 2.05) is 0 Å². The fourth-order valence-corrected chi connectivity index (χ4v) is 9.84. The second-order valence-electron chi connectivity index (χ2n) is 16.6. The van der Waals surface area contributed by atoms with Crippen LogP contribution >= 0.6 is 0 Å². The lowest BCUT2D eigenvalue weighted by molar-refractivity contribution is 0.0602. The maximum absolute atomic E-state index is 7.02. The zero-order valence-corrected chi connectivity index (χ0v) is 30.0. The Balaban J connectivity index is 1.65. The molecule has 4 nitrogen and oxygen atoms in total. The van der Waals surface area contributed by atoms with Gasteiger partial charge in [0.1, 0.15) is 0 Å². The van der Waals surface area contributed by atoms with Crippen molar-refractivity contribution < 1.29 is 8.85 Å². The molecule has 2 atom stereocenters. The van der Waals surface area contributed by atoms with Crippen molar-refractivity contribution in [1.82, 2.24) is 9.97 Å². The first-order valence-corrected chi connectivity index (χ1v) is 21.3. The SMILES string of the molecule is CC(C)(O[Si](C)(C)C(C)(C)C)[C@@H]1CCc2ccc(-c3ccc4c(n3)[C@H](C(C)(C)O[Si](C)(C)C(C)(C)C)CC4)nc21. The minimum atomic E-state index is -1.92. The molecule has 6 heteroatoms. The predicted octanol–water partition coefficient (Wildman–Crippen LogP) is 9.80. The van der Waals surface area contributed by atoms with Gasteiger partial charge >= 0.3 is 0 Å². The van der Waals surface area contributed by atoms with Crippen LogP contribution in [0.25, 0.3) is 11.4 Å². The van der Waals surface area contributed by atoms with Gasteiger partial charge in [-0.3, -0.25) is 9.97 Å². The lowest BCUT2D eigenvalue weighted by atomic mass is 9.88. The molecule has 2 aromatic rings. The molecule has 0 saturated heterocycles. The van der Waals surface area contributed by atoms with E-state index in [1.54, 1.807) is 0 Å². The van der Waals surface area contributed by atoms with Crippen molar-refractivity contribution in [2.45, 2.75) is 154 Å². The molecule has 222 valence electrons. The Morgan fingerprint density at radius 3 is 1.20 bits per heavy atom. The standard InChI is InChI=1S/C34H56N2O2Si2/c1-31(2,3)39(11,12)37-33(7,8)25-19-15-23-17-21-27(35-29(23)25)28-22-18-24-16-20-26(30(24)36-28)34(9,10)38-40(13,14)32(4,5)6/h17-18,21-22,25-26H,15-16,19-20H2,1-14H3/t25-,26-/m1/s1. The zero-order valence-electron chi connectivity index (χ0n) is 28.0. The maximum atomic E-state index is 7.02. The van der Waals surface area contributed by atoms with Crippen LogP contribution in [0.2, 0.25) is 36.3 Å². The molecule has 2 aliphatic rings. The Labute approximate surface area is 247 Å². The number of aromatic nitrogens is 2. The molecule has 0 bridgehead atoms. The first-order valence-electron chi connectivity index (χ1n) is 15.5. The molecule has 0 unspecified atom stereocenters. The molecule has 0 saturated carbocycles. The Hall–Kier alpha value is -1.35. The minimum absolute atomic E-state index is 0.175. The zero-order chi connectivity index (χ0) is 30.1. The van der Waals surface area contributed by atoms with Crippen LogP contribution in [0, 0.1) is 0 Å². The lowest BCUT2D eigenvalue weighted by Gasteiger charge is -2.45. The number of pyridine rings is 2. The summed E-state index contributed by atoms with van der Waals surface area (Å²) in [5.41, 5.74) is 6.58. The van der Waals surface area contributed by atoms with Gasteiger partial charge in [-0.1, -0.05) is 53.7 Å². The lowest BCUT2D eigenvalue weighted by Crippen LogP contribution is -2.49. The summed E-state index contributed by atoms with van der Waals surface area (Å²) >= 11 is 0. The van der Waals surface area contributed by atoms with Crippen LogP contribution < -0.4 is 0 Å². The van der Waals surface area contributed by atoms with Crippen LogP contribution in [0.15, 0.2) is 24.3 Å². The number of hydrogen-bond acceptors (Lipinski definition) is 4. The van der Waals surface area contributed by atoms with Crippen molar-refractivity contribution in [2.75, 3.05) is 0 Å². The summed E-state index contributed by atoms with van der Waals surface area (Å²) in [7, 11) is -3.84. The third-order valence-corrected chi connectivity index (χ3v) is 20.0. The molecule has 0 N–H and O–H groups in total. The minimum Gasteiger partial charge on any atom is -0.411 e. The molecule has 0 radical (unpaired) electrons. The van der Waals surface area contributed by atoms with Gasteiger partial charge in [-0.25, -0.2) is 0 Å². The highest BCUT2D eigenvalue weighted by molar-refractivity contribution is 6.74. The first kappa shape index (κ1) is 31.6. The van der Waals surface area contributed by atoms with Gasteiger partial charge in [-0.2, -0.15) is 0 Å². The van der Waals surface area contributed by atoms with E-state index in [4.69, 9.17) is 18.8 Å². The normalized spacial score (nSPS) is 20.6. The number of hydrogen-bond donors (Lipinski definition) is 0. The second kappa shape index (κ2) is 10.1. The number of rotatable bonds is 7. The van der Waals surface area contributed by atoms with Crippen molar-refractivity contribution in [1.29, 1.82) is 0 Å². The number of fused-ring (bicyclic) bond motifs is 2. The summed E-state index contributed by atoms with van der Waals surface area (Å²) in [4.78, 5) is 10.6. The molecule has 0 amide bonds. The smallest absolute Gasteiger partial charge is 0.192 e. The molecule has 2 heterocycles. The van der Waals surface area contributed by atoms with Gasteiger partial charge in [0.2, 0.25) is 0 Å². The maximum Gasteiger partial charge on any atom is 0.192 e. The Kier molecular flexibility index (Phi) is 8.00. The third-order valence-electron chi connectivity index (χ3n) is 10.7. The number of aryl methyl sites for hydroxylation is 2. The van der Waals surface area contributed by atoms with E-state index >= 15 is 0 Å². The number of nitrogens with zero attached hydrogens (tertiary/aromatic N) is 2. The Bertz CT molecular complexity index is 1150. The van der Waals surface area contributed by atoms with Crippen molar-refractivity contribution in [3.63, 3.8) is 0 Å². The predicted molar refractivity (Wildman–Crippen MR) is 174 cm³/mol. The molecular formula is C34H56N2O2Si2. The van der Waals surface area contributed by atoms with Gasteiger partial charge in [-0.15, -0.1) is 0 Å².